The molecular formula is C15H14N2O3. The van der Waals surface area contributed by atoms with Crippen molar-refractivity contribution >= 4 is 5.97 Å². The van der Waals surface area contributed by atoms with E-state index in [0.717, 1.165) is 0 Å². The second-order valence-corrected chi connectivity index (χ2v) is 4.26. The van der Waals surface area contributed by atoms with E-state index >= 15 is 0 Å². The zero-order chi connectivity index (χ0) is 14.7. The van der Waals surface area contributed by atoms with Crippen LogP contribution in [0.25, 0.3) is 11.1 Å². The minimum atomic E-state index is -0.473. The zero-order valence-electron chi connectivity index (χ0n) is 11.3. The van der Waals surface area contributed by atoms with Crippen LogP contribution < -0.4 is 0 Å². The first-order valence-electron chi connectivity index (χ1n) is 6.14. The monoisotopic (exact) mass is 270 g/mol. The summed E-state index contributed by atoms with van der Waals surface area (Å²) in [5.41, 5.74) is 1.92. The number of nitriles is 1. The Morgan fingerprint density at radius 1 is 1.40 bits per heavy atom. The van der Waals surface area contributed by atoms with Crippen LogP contribution in [0.5, 0.6) is 5.75 Å². The molecule has 0 saturated carbocycles. The van der Waals surface area contributed by atoms with Gasteiger partial charge in [-0.3, -0.25) is 0 Å². The fourth-order valence-electron chi connectivity index (χ4n) is 2.08. The molecule has 0 saturated heterocycles. The van der Waals surface area contributed by atoms with E-state index in [2.05, 4.69) is 6.07 Å². The summed E-state index contributed by atoms with van der Waals surface area (Å²) < 4.78 is 6.62. The number of hydrogen-bond donors (Lipinski definition) is 1. The van der Waals surface area contributed by atoms with E-state index in [-0.39, 0.29) is 12.4 Å². The van der Waals surface area contributed by atoms with E-state index in [1.165, 1.54) is 12.1 Å². The second kappa shape index (κ2) is 5.49. The molecule has 102 valence electrons. The molecule has 0 aliphatic heterocycles. The normalized spacial score (nSPS) is 10.1. The number of carbonyl (C=O) groups is 1. The van der Waals surface area contributed by atoms with Crippen LogP contribution in [0.3, 0.4) is 0 Å². The molecule has 1 aromatic carbocycles. The van der Waals surface area contributed by atoms with Crippen molar-refractivity contribution in [3.63, 3.8) is 0 Å². The van der Waals surface area contributed by atoms with E-state index < -0.39 is 5.97 Å². The molecule has 0 atom stereocenters. The lowest BCUT2D eigenvalue weighted by Crippen LogP contribution is -2.10. The fraction of sp³-hybridized carbons (Fsp3) is 0.200. The van der Waals surface area contributed by atoms with E-state index in [0.29, 0.717) is 22.4 Å². The number of esters is 1. The van der Waals surface area contributed by atoms with Crippen LogP contribution >= 0.6 is 0 Å². The highest BCUT2D eigenvalue weighted by Crippen LogP contribution is 2.30. The largest absolute Gasteiger partial charge is 0.508 e. The lowest BCUT2D eigenvalue weighted by Gasteiger charge is -2.07. The Morgan fingerprint density at radius 2 is 2.05 bits per heavy atom. The zero-order valence-corrected chi connectivity index (χ0v) is 11.3. The van der Waals surface area contributed by atoms with Gasteiger partial charge in [-0.05, 0) is 24.6 Å². The minimum Gasteiger partial charge on any atom is -0.508 e. The van der Waals surface area contributed by atoms with Crippen molar-refractivity contribution in [2.45, 2.75) is 6.92 Å². The van der Waals surface area contributed by atoms with Crippen molar-refractivity contribution in [3.8, 4) is 22.9 Å². The summed E-state index contributed by atoms with van der Waals surface area (Å²) in [6, 6.07) is 8.42. The maximum atomic E-state index is 12.1. The van der Waals surface area contributed by atoms with Crippen LogP contribution in [0.15, 0.2) is 30.5 Å². The Hall–Kier alpha value is -2.74. The smallest absolute Gasteiger partial charge is 0.355 e. The first kappa shape index (κ1) is 13.7. The number of hydrogen-bond acceptors (Lipinski definition) is 4. The third kappa shape index (κ3) is 2.36. The van der Waals surface area contributed by atoms with E-state index in [9.17, 15) is 15.2 Å². The van der Waals surface area contributed by atoms with E-state index in [1.807, 2.05) is 0 Å². The molecule has 2 rings (SSSR count). The minimum absolute atomic E-state index is 0.126. The molecule has 1 aromatic heterocycles. The highest BCUT2D eigenvalue weighted by Gasteiger charge is 2.22. The molecule has 1 heterocycles. The third-order valence-corrected chi connectivity index (χ3v) is 2.93. The topological polar surface area (TPSA) is 75.2 Å². The first-order chi connectivity index (χ1) is 9.58. The van der Waals surface area contributed by atoms with Crippen molar-refractivity contribution in [3.05, 3.63) is 41.7 Å². The standard InChI is InChI=1S/C15H14N2O3/c1-3-20-15(19)14-13(11(8-16)9-17(14)2)10-4-6-12(18)7-5-10/h4-7,9,18H,3H2,1-2H3. The lowest BCUT2D eigenvalue weighted by atomic mass is 10.0. The van der Waals surface area contributed by atoms with Gasteiger partial charge in [-0.15, -0.1) is 0 Å². The molecule has 0 radical (unpaired) electrons. The van der Waals surface area contributed by atoms with Crippen LogP contribution in [0.4, 0.5) is 0 Å². The lowest BCUT2D eigenvalue weighted by molar-refractivity contribution is 0.0516. The first-order valence-corrected chi connectivity index (χ1v) is 6.14. The van der Waals surface area contributed by atoms with E-state index in [4.69, 9.17) is 4.74 Å². The molecule has 1 N–H and O–H groups in total. The van der Waals surface area contributed by atoms with Gasteiger partial charge in [0.2, 0.25) is 0 Å². The maximum Gasteiger partial charge on any atom is 0.355 e. The van der Waals surface area contributed by atoms with Gasteiger partial charge < -0.3 is 14.4 Å². The number of ether oxygens (including phenoxy) is 1. The quantitative estimate of drug-likeness (QED) is 0.869. The summed E-state index contributed by atoms with van der Waals surface area (Å²) in [5, 5.41) is 18.6. The predicted octanol–water partition coefficient (Wildman–Crippen LogP) is 2.45. The maximum absolute atomic E-state index is 12.1. The van der Waals surface area contributed by atoms with Gasteiger partial charge >= 0.3 is 5.97 Å². The summed E-state index contributed by atoms with van der Waals surface area (Å²) in [5.74, 6) is -0.347. The number of carbonyl (C=O) groups excluding carboxylic acids is 1. The van der Waals surface area contributed by atoms with Crippen LogP contribution in [0, 0.1) is 11.3 Å². The molecule has 0 amide bonds. The summed E-state index contributed by atoms with van der Waals surface area (Å²) >= 11 is 0. The molecule has 0 fully saturated rings. The number of aryl methyl sites for hydroxylation is 1. The van der Waals surface area contributed by atoms with Gasteiger partial charge in [0.25, 0.3) is 0 Å². The predicted molar refractivity (Wildman–Crippen MR) is 73.2 cm³/mol. The number of phenols is 1. The molecule has 0 aliphatic rings. The summed E-state index contributed by atoms with van der Waals surface area (Å²) in [6.45, 7) is 1.99. The number of phenolic OH excluding ortho intramolecular Hbond substituents is 1. The average Bonchev–Trinajstić information content (AvgIpc) is 2.76. The molecule has 2 aromatic rings. The Labute approximate surface area is 116 Å². The van der Waals surface area contributed by atoms with E-state index in [1.54, 1.807) is 36.9 Å². The molecule has 0 unspecified atom stereocenters. The Balaban J connectivity index is 2.64. The van der Waals surface area contributed by atoms with Crippen molar-refractivity contribution in [2.75, 3.05) is 6.61 Å². The van der Waals surface area contributed by atoms with Gasteiger partial charge in [0.05, 0.1) is 12.2 Å². The summed E-state index contributed by atoms with van der Waals surface area (Å²) in [6.07, 6.45) is 1.59. The summed E-state index contributed by atoms with van der Waals surface area (Å²) in [4.78, 5) is 12.1. The number of benzene rings is 1. The van der Waals surface area contributed by atoms with Gasteiger partial charge in [0.1, 0.15) is 17.5 Å². The third-order valence-electron chi connectivity index (χ3n) is 2.93. The second-order valence-electron chi connectivity index (χ2n) is 4.26. The van der Waals surface area contributed by atoms with Crippen LogP contribution in [-0.4, -0.2) is 22.2 Å². The molecule has 5 heteroatoms. The summed E-state index contributed by atoms with van der Waals surface area (Å²) in [7, 11) is 1.69. The average molecular weight is 270 g/mol. The molecule has 0 aliphatic carbocycles. The van der Waals surface area contributed by atoms with Crippen LogP contribution in [-0.2, 0) is 11.8 Å². The Kier molecular flexibility index (Phi) is 3.76. The fourth-order valence-corrected chi connectivity index (χ4v) is 2.08. The highest BCUT2D eigenvalue weighted by molar-refractivity contribution is 5.97. The molecule has 0 bridgehead atoms. The molecular weight excluding hydrogens is 256 g/mol. The Bertz CT molecular complexity index is 678. The number of aromatic nitrogens is 1. The Morgan fingerprint density at radius 3 is 2.60 bits per heavy atom. The number of aromatic hydroxyl groups is 1. The van der Waals surface area contributed by atoms with Gasteiger partial charge in [0, 0.05) is 18.8 Å². The molecule has 20 heavy (non-hydrogen) atoms. The van der Waals surface area contributed by atoms with Crippen LogP contribution in [0.2, 0.25) is 0 Å². The SMILES string of the molecule is CCOC(=O)c1c(-c2ccc(O)cc2)c(C#N)cn1C. The number of rotatable bonds is 3. The van der Waals surface area contributed by atoms with Crippen molar-refractivity contribution in [1.29, 1.82) is 5.26 Å². The van der Waals surface area contributed by atoms with Crippen LogP contribution in [0.1, 0.15) is 23.0 Å². The number of nitrogens with zero attached hydrogens (tertiary/aromatic N) is 2. The van der Waals surface area contributed by atoms with Gasteiger partial charge in [-0.2, -0.15) is 5.26 Å². The molecule has 5 nitrogen and oxygen atoms in total. The van der Waals surface area contributed by atoms with Crippen molar-refractivity contribution < 1.29 is 14.6 Å². The van der Waals surface area contributed by atoms with Gasteiger partial charge in [0.15, 0.2) is 0 Å². The van der Waals surface area contributed by atoms with Gasteiger partial charge in [-0.1, -0.05) is 12.1 Å². The van der Waals surface area contributed by atoms with Gasteiger partial charge in [-0.25, -0.2) is 4.79 Å². The van der Waals surface area contributed by atoms with Crippen molar-refractivity contribution in [2.24, 2.45) is 7.05 Å². The molecule has 0 spiro atoms. The van der Waals surface area contributed by atoms with Crippen molar-refractivity contribution in [1.82, 2.24) is 4.57 Å². The highest BCUT2D eigenvalue weighted by atomic mass is 16.5.